The van der Waals surface area contributed by atoms with Gasteiger partial charge >= 0.3 is 0 Å². The number of hydrogen-bond acceptors (Lipinski definition) is 6. The molecular weight excluding hydrogens is 358 g/mol. The van der Waals surface area contributed by atoms with E-state index >= 15 is 0 Å². The second-order valence-electron chi connectivity index (χ2n) is 7.08. The van der Waals surface area contributed by atoms with Crippen LogP contribution < -0.4 is 9.47 Å². The Kier molecular flexibility index (Phi) is 4.32. The van der Waals surface area contributed by atoms with Crippen LogP contribution in [0.1, 0.15) is 5.56 Å². The molecule has 1 fully saturated rings. The Morgan fingerprint density at radius 2 is 1.82 bits per heavy atom. The molecule has 1 amide bonds. The van der Waals surface area contributed by atoms with Gasteiger partial charge in [0.2, 0.25) is 12.7 Å². The highest BCUT2D eigenvalue weighted by molar-refractivity contribution is 5.79. The van der Waals surface area contributed by atoms with Crippen molar-refractivity contribution in [2.24, 2.45) is 0 Å². The molecule has 2 aliphatic rings. The summed E-state index contributed by atoms with van der Waals surface area (Å²) in [5.41, 5.74) is 2.89. The number of ether oxygens (including phenoxy) is 2. The van der Waals surface area contributed by atoms with Crippen LogP contribution in [-0.2, 0) is 17.9 Å². The molecule has 5 rings (SSSR count). The van der Waals surface area contributed by atoms with Crippen LogP contribution in [0.2, 0.25) is 0 Å². The molecule has 1 saturated heterocycles. The number of nitrogens with zero attached hydrogens (tertiary/aromatic N) is 5. The van der Waals surface area contributed by atoms with E-state index in [1.165, 1.54) is 5.56 Å². The van der Waals surface area contributed by atoms with Crippen LogP contribution in [0.25, 0.3) is 11.0 Å². The minimum absolute atomic E-state index is 0.0818. The zero-order chi connectivity index (χ0) is 18.9. The van der Waals surface area contributed by atoms with Crippen LogP contribution in [0, 0.1) is 0 Å². The largest absolute Gasteiger partial charge is 0.454 e. The second kappa shape index (κ2) is 7.12. The third-order valence-corrected chi connectivity index (χ3v) is 5.27. The lowest BCUT2D eigenvalue weighted by atomic mass is 10.1. The van der Waals surface area contributed by atoms with E-state index in [4.69, 9.17) is 9.47 Å². The van der Waals surface area contributed by atoms with Crippen molar-refractivity contribution in [3.8, 4) is 11.5 Å². The fourth-order valence-corrected chi connectivity index (χ4v) is 3.72. The van der Waals surface area contributed by atoms with E-state index in [0.717, 1.165) is 55.3 Å². The summed E-state index contributed by atoms with van der Waals surface area (Å²) in [7, 11) is 0. The molecule has 28 heavy (non-hydrogen) atoms. The summed E-state index contributed by atoms with van der Waals surface area (Å²) in [4.78, 5) is 17.0. The van der Waals surface area contributed by atoms with Gasteiger partial charge in [0.1, 0.15) is 12.1 Å². The minimum atomic E-state index is 0.0818. The van der Waals surface area contributed by atoms with Crippen LogP contribution in [0.15, 0.2) is 42.5 Å². The van der Waals surface area contributed by atoms with Crippen molar-refractivity contribution >= 4 is 16.9 Å². The van der Waals surface area contributed by atoms with E-state index in [2.05, 4.69) is 21.3 Å². The summed E-state index contributed by atoms with van der Waals surface area (Å²) in [6, 6.07) is 13.8. The van der Waals surface area contributed by atoms with E-state index in [1.807, 2.05) is 41.3 Å². The third kappa shape index (κ3) is 3.27. The van der Waals surface area contributed by atoms with Gasteiger partial charge in [0.25, 0.3) is 0 Å². The molecule has 0 radical (unpaired) electrons. The zero-order valence-corrected chi connectivity index (χ0v) is 15.5. The van der Waals surface area contributed by atoms with Gasteiger partial charge in [-0.3, -0.25) is 9.69 Å². The smallest absolute Gasteiger partial charge is 0.244 e. The maximum atomic E-state index is 12.7. The molecule has 0 aliphatic carbocycles. The summed E-state index contributed by atoms with van der Waals surface area (Å²) in [6.07, 6.45) is 0. The highest BCUT2D eigenvalue weighted by Crippen LogP contribution is 2.32. The van der Waals surface area contributed by atoms with Crippen molar-refractivity contribution in [3.05, 3.63) is 48.0 Å². The van der Waals surface area contributed by atoms with Crippen LogP contribution in [0.4, 0.5) is 0 Å². The van der Waals surface area contributed by atoms with Crippen molar-refractivity contribution in [1.82, 2.24) is 24.8 Å². The molecule has 2 aliphatic heterocycles. The van der Waals surface area contributed by atoms with Gasteiger partial charge in [-0.2, -0.15) is 0 Å². The Balaban J connectivity index is 1.17. The molecule has 2 aromatic carbocycles. The lowest BCUT2D eigenvalue weighted by Crippen LogP contribution is -2.49. The summed E-state index contributed by atoms with van der Waals surface area (Å²) in [6.45, 7) is 4.48. The normalized spacial score (nSPS) is 16.6. The zero-order valence-electron chi connectivity index (χ0n) is 15.5. The molecule has 3 aromatic rings. The van der Waals surface area contributed by atoms with Crippen molar-refractivity contribution < 1.29 is 14.3 Å². The van der Waals surface area contributed by atoms with E-state index in [-0.39, 0.29) is 12.5 Å². The molecule has 0 atom stereocenters. The Bertz CT molecular complexity index is 1010. The average molecular weight is 379 g/mol. The molecule has 8 heteroatoms. The van der Waals surface area contributed by atoms with Crippen LogP contribution in [-0.4, -0.2) is 63.7 Å². The summed E-state index contributed by atoms with van der Waals surface area (Å²) in [5.74, 6) is 1.70. The van der Waals surface area contributed by atoms with Crippen LogP contribution in [0.3, 0.4) is 0 Å². The SMILES string of the molecule is O=C(Cn1nnc2ccccc21)N1CCN(Cc2ccc3c(c2)OCO3)CC1. The Morgan fingerprint density at radius 3 is 2.71 bits per heavy atom. The van der Waals surface area contributed by atoms with Gasteiger partial charge in [-0.05, 0) is 29.8 Å². The lowest BCUT2D eigenvalue weighted by Gasteiger charge is -2.34. The van der Waals surface area contributed by atoms with Crippen molar-refractivity contribution in [3.63, 3.8) is 0 Å². The lowest BCUT2D eigenvalue weighted by molar-refractivity contribution is -0.133. The predicted molar refractivity (Wildman–Crippen MR) is 102 cm³/mol. The van der Waals surface area contributed by atoms with E-state index in [0.29, 0.717) is 6.79 Å². The van der Waals surface area contributed by atoms with Crippen molar-refractivity contribution in [2.75, 3.05) is 33.0 Å². The number of piperazine rings is 1. The van der Waals surface area contributed by atoms with Gasteiger partial charge in [0.15, 0.2) is 11.5 Å². The number of hydrogen-bond donors (Lipinski definition) is 0. The van der Waals surface area contributed by atoms with E-state index in [9.17, 15) is 4.79 Å². The van der Waals surface area contributed by atoms with E-state index in [1.54, 1.807) is 4.68 Å². The van der Waals surface area contributed by atoms with Crippen LogP contribution >= 0.6 is 0 Å². The van der Waals surface area contributed by atoms with Crippen molar-refractivity contribution in [1.29, 1.82) is 0 Å². The van der Waals surface area contributed by atoms with Crippen molar-refractivity contribution in [2.45, 2.75) is 13.1 Å². The molecule has 0 bridgehead atoms. The number of rotatable bonds is 4. The first-order valence-corrected chi connectivity index (χ1v) is 9.43. The third-order valence-electron chi connectivity index (χ3n) is 5.27. The van der Waals surface area contributed by atoms with Gasteiger partial charge < -0.3 is 14.4 Å². The number of fused-ring (bicyclic) bond motifs is 2. The maximum absolute atomic E-state index is 12.7. The predicted octanol–water partition coefficient (Wildman–Crippen LogP) is 1.50. The number of carbonyl (C=O) groups excluding carboxylic acids is 1. The molecule has 0 spiro atoms. The molecule has 0 N–H and O–H groups in total. The summed E-state index contributed by atoms with van der Waals surface area (Å²) >= 11 is 0. The van der Waals surface area contributed by atoms with Gasteiger partial charge in [0.05, 0.1) is 5.52 Å². The fraction of sp³-hybridized carbons (Fsp3) is 0.350. The van der Waals surface area contributed by atoms with Gasteiger partial charge in [-0.1, -0.05) is 23.4 Å². The average Bonchev–Trinajstić information content (AvgIpc) is 3.35. The Labute approximate surface area is 162 Å². The number of amides is 1. The molecule has 0 unspecified atom stereocenters. The van der Waals surface area contributed by atoms with Gasteiger partial charge in [0, 0.05) is 32.7 Å². The topological polar surface area (TPSA) is 72.7 Å². The molecular formula is C20H21N5O3. The number of carbonyl (C=O) groups is 1. The van der Waals surface area contributed by atoms with Gasteiger partial charge in [-0.15, -0.1) is 5.10 Å². The molecule has 0 saturated carbocycles. The molecule has 144 valence electrons. The summed E-state index contributed by atoms with van der Waals surface area (Å²) < 4.78 is 12.5. The second-order valence-corrected chi connectivity index (χ2v) is 7.08. The summed E-state index contributed by atoms with van der Waals surface area (Å²) in [5, 5.41) is 8.23. The number of para-hydroxylation sites is 1. The fourth-order valence-electron chi connectivity index (χ4n) is 3.72. The molecule has 8 nitrogen and oxygen atoms in total. The molecule has 3 heterocycles. The Morgan fingerprint density at radius 1 is 1.00 bits per heavy atom. The first-order valence-electron chi connectivity index (χ1n) is 9.43. The first-order chi connectivity index (χ1) is 13.8. The monoisotopic (exact) mass is 379 g/mol. The first kappa shape index (κ1) is 17.0. The maximum Gasteiger partial charge on any atom is 0.244 e. The van der Waals surface area contributed by atoms with E-state index < -0.39 is 0 Å². The molecule has 1 aromatic heterocycles. The highest BCUT2D eigenvalue weighted by atomic mass is 16.7. The highest BCUT2D eigenvalue weighted by Gasteiger charge is 2.23. The van der Waals surface area contributed by atoms with Gasteiger partial charge in [-0.25, -0.2) is 4.68 Å². The quantitative estimate of drug-likeness (QED) is 0.684. The number of aromatic nitrogens is 3. The number of benzene rings is 2. The van der Waals surface area contributed by atoms with Crippen LogP contribution in [0.5, 0.6) is 11.5 Å². The minimum Gasteiger partial charge on any atom is -0.454 e. The standard InChI is InChI=1S/C20H21N5O3/c26-20(13-25-17-4-2-1-3-16(17)21-22-25)24-9-7-23(8-10-24)12-15-5-6-18-19(11-15)28-14-27-18/h1-6,11H,7-10,12-14H2. The Hall–Kier alpha value is -3.13.